The largest absolute Gasteiger partial charge is 0.385 e. The second kappa shape index (κ2) is 50.0. The minimum atomic E-state index is -0.195. The third kappa shape index (κ3) is 27.1. The van der Waals surface area contributed by atoms with Crippen LogP contribution in [0.15, 0.2) is 238 Å². The number of methoxy groups -OCH3 is 3. The van der Waals surface area contributed by atoms with E-state index < -0.39 is 0 Å². The van der Waals surface area contributed by atoms with Crippen molar-refractivity contribution < 1.29 is 47.3 Å². The first kappa shape index (κ1) is 106. The van der Waals surface area contributed by atoms with E-state index in [1.165, 1.54) is 29.5 Å². The Labute approximate surface area is 873 Å². The zero-order chi connectivity index (χ0) is 104. The van der Waals surface area contributed by atoms with E-state index >= 15 is 0 Å². The normalized spacial score (nSPS) is 19.1. The number of rotatable bonds is 40. The Morgan fingerprint density at radius 2 is 0.913 bits per heavy atom. The quantitative estimate of drug-likeness (QED) is 0.0373. The summed E-state index contributed by atoms with van der Waals surface area (Å²) in [5.74, 6) is 4.18. The molecule has 20 rings (SSSR count). The highest BCUT2D eigenvalue weighted by atomic mass is 19.1. The Kier molecular flexibility index (Phi) is 35.7. The number of aromatic nitrogens is 16. The Hall–Kier alpha value is -13.8. The van der Waals surface area contributed by atoms with Crippen LogP contribution in [0.25, 0.3) is 62.2 Å². The second-order valence-electron chi connectivity index (χ2n) is 41.5. The van der Waals surface area contributed by atoms with E-state index in [9.17, 15) is 28.4 Å². The maximum atomic E-state index is 13.9. The summed E-state index contributed by atoms with van der Waals surface area (Å²) in [5.41, 5.74) is 24.0. The Bertz CT molecular complexity index is 7040. The van der Waals surface area contributed by atoms with E-state index in [0.717, 1.165) is 211 Å². The number of pyridine rings is 3. The molecule has 0 spiro atoms. The zero-order valence-corrected chi connectivity index (χ0v) is 88.4. The highest BCUT2D eigenvalue weighted by Gasteiger charge is 2.42. The molecule has 1 amide bonds. The number of ether oxygens (including phenoxy) is 4. The third-order valence-electron chi connectivity index (χ3n) is 30.7. The highest BCUT2D eigenvalue weighted by molar-refractivity contribution is 5.94. The summed E-state index contributed by atoms with van der Waals surface area (Å²) in [4.78, 5) is 83.8. The van der Waals surface area contributed by atoms with E-state index in [1.54, 1.807) is 78.4 Å². The fraction of sp³-hybridized carbons (Fsp3) is 0.417. The maximum absolute atomic E-state index is 13.9. The van der Waals surface area contributed by atoms with Gasteiger partial charge in [0.05, 0.1) is 77.2 Å². The minimum absolute atomic E-state index is 0.117. The fourth-order valence-corrected chi connectivity index (χ4v) is 22.9. The van der Waals surface area contributed by atoms with Gasteiger partial charge < -0.3 is 34.1 Å². The van der Waals surface area contributed by atoms with Gasteiger partial charge in [-0.2, -0.15) is 30.6 Å². The molecule has 29 heteroatoms. The average molecular weight is 2010 g/mol. The number of nitrogens with zero attached hydrogens (tertiary/aromatic N) is 18. The Balaban J connectivity index is 0.000000136. The smallest absolute Gasteiger partial charge is 0.251 e. The number of benzene rings is 5. The van der Waals surface area contributed by atoms with Gasteiger partial charge in [-0.15, -0.1) is 0 Å². The van der Waals surface area contributed by atoms with Gasteiger partial charge in [-0.1, -0.05) is 97.1 Å². The van der Waals surface area contributed by atoms with Crippen LogP contribution >= 0.6 is 0 Å². The number of hydrogen-bond donors (Lipinski definition) is 1. The van der Waals surface area contributed by atoms with Gasteiger partial charge >= 0.3 is 0 Å². The number of carbonyl (C=O) groups excluding carboxylic acids is 5. The van der Waals surface area contributed by atoms with Gasteiger partial charge in [0.15, 0.2) is 0 Å². The first-order chi connectivity index (χ1) is 72.3. The molecule has 3 aliphatic carbocycles. The summed E-state index contributed by atoms with van der Waals surface area (Å²) in [6.07, 6.45) is 27.9. The number of Topliss-reactive ketones (excluding diaryl/α,β-unsaturated/α-hetero) is 4. The van der Waals surface area contributed by atoms with Crippen molar-refractivity contribution in [2.45, 2.75) is 167 Å². The van der Waals surface area contributed by atoms with Crippen molar-refractivity contribution >= 4 is 34.7 Å². The van der Waals surface area contributed by atoms with Crippen LogP contribution in [0, 0.1) is 75.9 Å². The van der Waals surface area contributed by atoms with Gasteiger partial charge in [0.1, 0.15) is 40.3 Å². The van der Waals surface area contributed by atoms with Crippen LogP contribution in [0.2, 0.25) is 0 Å². The van der Waals surface area contributed by atoms with E-state index in [0.29, 0.717) is 117 Å². The van der Waals surface area contributed by atoms with Crippen LogP contribution in [0.1, 0.15) is 184 Å². The van der Waals surface area contributed by atoms with Crippen molar-refractivity contribution in [2.75, 3.05) is 94.1 Å². The first-order valence-electron chi connectivity index (χ1n) is 52.6. The number of fused-ring (bicyclic) bond motifs is 1. The van der Waals surface area contributed by atoms with Crippen LogP contribution in [0.4, 0.5) is 4.39 Å². The number of hydrogen-bond acceptors (Lipinski definition) is 20. The van der Waals surface area contributed by atoms with Gasteiger partial charge in [0, 0.05) is 254 Å². The molecule has 10 atom stereocenters. The molecule has 28 nitrogen and oxygen atoms in total. The topological polar surface area (TPSA) is 291 Å². The molecule has 1 unspecified atom stereocenters. The molecule has 15 aromatic rings. The number of nitrogens with one attached hydrogen (secondary N) is 1. The second-order valence-corrected chi connectivity index (χ2v) is 41.5. The number of amides is 1. The molecule has 3 saturated carbocycles. The summed E-state index contributed by atoms with van der Waals surface area (Å²) in [5, 5.41) is 30.5. The predicted molar refractivity (Wildman–Crippen MR) is 576 cm³/mol. The molecule has 2 aliphatic heterocycles. The van der Waals surface area contributed by atoms with Crippen LogP contribution in [-0.2, 0) is 92.0 Å². The molecule has 12 heterocycles. The van der Waals surface area contributed by atoms with Crippen LogP contribution in [0.3, 0.4) is 0 Å². The maximum Gasteiger partial charge on any atom is 0.251 e. The van der Waals surface area contributed by atoms with Crippen LogP contribution < -0.4 is 5.32 Å². The summed E-state index contributed by atoms with van der Waals surface area (Å²) < 4.78 is 48.9. The average Bonchev–Trinajstić information content (AvgIpc) is 1.63. The minimum Gasteiger partial charge on any atom is -0.385 e. The molecule has 149 heavy (non-hydrogen) atoms. The van der Waals surface area contributed by atoms with E-state index in [-0.39, 0.29) is 52.6 Å². The number of imidazole rings is 1. The van der Waals surface area contributed by atoms with Crippen molar-refractivity contribution in [3.8, 4) is 56.5 Å². The van der Waals surface area contributed by atoms with Crippen molar-refractivity contribution in [1.82, 2.24) is 93.2 Å². The Morgan fingerprint density at radius 3 is 1.40 bits per heavy atom. The van der Waals surface area contributed by atoms with Gasteiger partial charge in [-0.3, -0.25) is 57.1 Å². The summed E-state index contributed by atoms with van der Waals surface area (Å²) >= 11 is 0. The van der Waals surface area contributed by atoms with Crippen LogP contribution in [0.5, 0.6) is 0 Å². The summed E-state index contributed by atoms with van der Waals surface area (Å²) in [6, 6.07) is 62.0. The molecule has 5 aliphatic rings. The van der Waals surface area contributed by atoms with E-state index in [1.807, 2.05) is 221 Å². The van der Waals surface area contributed by atoms with Gasteiger partial charge in [0.25, 0.3) is 5.91 Å². The number of halogens is 1. The lowest BCUT2D eigenvalue weighted by atomic mass is 9.84. The standard InChI is InChI=1S/C32H38N6O2.C31H37N5O2.C29H35N3O3.C28H32FN5O2/c1-22-15-24(11-12-33-22)30-21-37(13-14-40-29-9-10-29)20-25(30)16-28(39)17-31-23(2)32(26-18-34-36(3)19-26)35-38(31)27-7-5-4-6-8-27;1-21-14-24(10-12-32-21)29-16-23(11-13-38-4)15-25(29)17-28(37)18-30-22(2)31(26-19-33-35(3)20-26)34-36(30)27-8-6-5-7-9-27;1-30-29(34)23-11-9-22(10-12-23)28-19-25(32(2)31-28)18-26(33)17-24-15-20(13-14-35-3)16-27(24)21-7-5-4-6-8-21;1-19-13-20(7-8-25(19)29)24-18-33(11-12-36-3)17-21(24)14-23(35)15-22-16-26(31-32(22)2)27-5-4-6-28-30-9-10-34(27)28/h4-8,11-12,15,18-19,25,29-30H,9-10,13-14,16-17,20-21H2,1-3H3;5-10,12,14,19-20,23,25,29H,11,13,15-18H2,1-4H3;4-12,19-20,24,27H,13-18H2,1-3H3,(H,30,34);4-10,13,16,21,24H,11-12,14-15,17-18H2,1-3H3/t25-,30+;23-,25+,29+;20?,24-,27-;21-,24+/m1101/s1. The van der Waals surface area contributed by atoms with Gasteiger partial charge in [0.2, 0.25) is 0 Å². The number of para-hydroxylation sites is 2. The summed E-state index contributed by atoms with van der Waals surface area (Å²) in [7, 11) is 14.4. The van der Waals surface area contributed by atoms with Gasteiger partial charge in [-0.05, 0) is 263 Å². The summed E-state index contributed by atoms with van der Waals surface area (Å²) in [6.45, 7) is 18.2. The number of carbonyl (C=O) groups is 5. The number of ketones is 4. The molecule has 5 fully saturated rings. The van der Waals surface area contributed by atoms with Crippen molar-refractivity contribution in [1.29, 1.82) is 0 Å². The molecule has 10 aromatic heterocycles. The van der Waals surface area contributed by atoms with Crippen LogP contribution in [-0.4, -0.2) is 217 Å². The Morgan fingerprint density at radius 1 is 0.436 bits per heavy atom. The fourth-order valence-electron chi connectivity index (χ4n) is 22.9. The third-order valence-corrected chi connectivity index (χ3v) is 30.7. The predicted octanol–water partition coefficient (Wildman–Crippen LogP) is 19.2. The molecule has 2 saturated heterocycles. The lowest BCUT2D eigenvalue weighted by Gasteiger charge is -2.20. The lowest BCUT2D eigenvalue weighted by molar-refractivity contribution is -0.120. The van der Waals surface area contributed by atoms with Crippen molar-refractivity contribution in [3.05, 3.63) is 322 Å². The van der Waals surface area contributed by atoms with Gasteiger partial charge in [-0.25, -0.2) is 18.7 Å². The monoisotopic (exact) mass is 2010 g/mol. The van der Waals surface area contributed by atoms with E-state index in [4.69, 9.17) is 29.1 Å². The molecular weight excluding hydrogens is 1870 g/mol. The molecule has 0 bridgehead atoms. The number of likely N-dealkylation sites (tertiary alicyclic amines) is 2. The zero-order valence-electron chi connectivity index (χ0n) is 88.4. The molecule has 0 radical (unpaired) electrons. The molecule has 5 aromatic carbocycles. The van der Waals surface area contributed by atoms with Crippen molar-refractivity contribution in [3.63, 3.8) is 0 Å². The molecule has 1 N–H and O–H groups in total. The lowest BCUT2D eigenvalue weighted by Crippen LogP contribution is -2.26. The molecule has 778 valence electrons. The van der Waals surface area contributed by atoms with E-state index in [2.05, 4.69) is 113 Å². The highest BCUT2D eigenvalue weighted by Crippen LogP contribution is 2.49. The van der Waals surface area contributed by atoms with Crippen molar-refractivity contribution in [2.24, 2.45) is 63.7 Å². The first-order valence-corrected chi connectivity index (χ1v) is 52.6. The number of aryl methyl sites for hydroxylation is 7. The molecular formula is C120H142FN19O9. The SMILES string of the molecule is CNC(=O)c1ccc(-c2cc(CC(=O)C[C@@H]3CC(CCOC)C[C@H]3c3ccccc3)n(C)n2)cc1.COCCN1C[C@@H](CC(=O)Cc2cc(-c3cccc4nccn34)nn2C)[C@H](c2ccc(F)c(C)c2)C1.COCC[C@@H]1C[C@@H](CC(=O)Cc2c(C)c(-c3cnn(C)c3)nn2-c2ccccc2)[C@H](c2ccnc(C)c2)C1.Cc1cc([C@@H]2CN(CCOC3CC3)C[C@H]2CC(=O)Cc2c(C)c(-c3cnn(C)c3)nn2-c2ccccc2)ccn1.